The molecule has 2 aromatic carbocycles. The molecule has 1 unspecified atom stereocenters. The second-order valence-electron chi connectivity index (χ2n) is 4.90. The third-order valence-electron chi connectivity index (χ3n) is 3.55. The number of benzene rings is 2. The predicted molar refractivity (Wildman–Crippen MR) is 78.3 cm³/mol. The van der Waals surface area contributed by atoms with Crippen molar-refractivity contribution in [2.24, 2.45) is 0 Å². The van der Waals surface area contributed by atoms with Crippen LogP contribution in [0.3, 0.4) is 0 Å². The van der Waals surface area contributed by atoms with Gasteiger partial charge in [0.1, 0.15) is 11.9 Å². The van der Waals surface area contributed by atoms with Gasteiger partial charge in [-0.2, -0.15) is 0 Å². The van der Waals surface area contributed by atoms with E-state index in [2.05, 4.69) is 41.1 Å². The molecule has 19 heavy (non-hydrogen) atoms. The summed E-state index contributed by atoms with van der Waals surface area (Å²) in [6, 6.07) is 13.9. The van der Waals surface area contributed by atoms with Gasteiger partial charge in [0.05, 0.1) is 6.10 Å². The van der Waals surface area contributed by atoms with Crippen LogP contribution in [0.5, 0.6) is 5.75 Å². The van der Waals surface area contributed by atoms with Crippen molar-refractivity contribution >= 4 is 15.9 Å². The highest BCUT2D eigenvalue weighted by molar-refractivity contribution is 9.10. The van der Waals surface area contributed by atoms with E-state index >= 15 is 0 Å². The van der Waals surface area contributed by atoms with Crippen LogP contribution in [0.25, 0.3) is 0 Å². The van der Waals surface area contributed by atoms with E-state index in [1.165, 1.54) is 5.56 Å². The molecule has 1 heterocycles. The van der Waals surface area contributed by atoms with Gasteiger partial charge < -0.3 is 9.84 Å². The standard InChI is InChI=1S/C16H15BrO2/c1-10-6-7-11(8-13(10)17)16-9-14(18)12-4-2-3-5-15(12)19-16/h2-8,14,16,18H,9H2,1H3/t14-,16?/m1/s1. The van der Waals surface area contributed by atoms with Gasteiger partial charge in [-0.25, -0.2) is 0 Å². The minimum Gasteiger partial charge on any atom is -0.485 e. The zero-order valence-corrected chi connectivity index (χ0v) is 12.2. The number of ether oxygens (including phenoxy) is 1. The first-order valence-electron chi connectivity index (χ1n) is 6.35. The lowest BCUT2D eigenvalue weighted by Gasteiger charge is -2.30. The van der Waals surface area contributed by atoms with Crippen LogP contribution in [-0.2, 0) is 0 Å². The summed E-state index contributed by atoms with van der Waals surface area (Å²) in [5, 5.41) is 10.2. The molecular weight excluding hydrogens is 304 g/mol. The van der Waals surface area contributed by atoms with Crippen molar-refractivity contribution in [3.63, 3.8) is 0 Å². The second kappa shape index (κ2) is 4.99. The lowest BCUT2D eigenvalue weighted by atomic mass is 9.95. The molecule has 0 saturated carbocycles. The van der Waals surface area contributed by atoms with Crippen molar-refractivity contribution in [2.75, 3.05) is 0 Å². The third-order valence-corrected chi connectivity index (χ3v) is 4.41. The Bertz CT molecular complexity index is 609. The molecule has 3 heteroatoms. The maximum Gasteiger partial charge on any atom is 0.127 e. The topological polar surface area (TPSA) is 29.5 Å². The van der Waals surface area contributed by atoms with Crippen LogP contribution in [0, 0.1) is 6.92 Å². The van der Waals surface area contributed by atoms with Gasteiger partial charge in [0, 0.05) is 16.5 Å². The average Bonchev–Trinajstić information content (AvgIpc) is 2.42. The van der Waals surface area contributed by atoms with E-state index in [1.807, 2.05) is 24.3 Å². The van der Waals surface area contributed by atoms with Gasteiger partial charge >= 0.3 is 0 Å². The summed E-state index contributed by atoms with van der Waals surface area (Å²) >= 11 is 3.54. The molecule has 0 aromatic heterocycles. The quantitative estimate of drug-likeness (QED) is 0.848. The first kappa shape index (κ1) is 12.7. The van der Waals surface area contributed by atoms with Crippen LogP contribution >= 0.6 is 15.9 Å². The average molecular weight is 319 g/mol. The van der Waals surface area contributed by atoms with Crippen molar-refractivity contribution in [2.45, 2.75) is 25.6 Å². The number of aliphatic hydroxyl groups is 1. The second-order valence-corrected chi connectivity index (χ2v) is 5.76. The molecule has 2 atom stereocenters. The lowest BCUT2D eigenvalue weighted by molar-refractivity contribution is 0.0657. The fraction of sp³-hybridized carbons (Fsp3) is 0.250. The maximum absolute atomic E-state index is 10.2. The normalized spacial score (nSPS) is 21.6. The van der Waals surface area contributed by atoms with Gasteiger partial charge in [-0.1, -0.05) is 46.3 Å². The summed E-state index contributed by atoms with van der Waals surface area (Å²) in [6.07, 6.45) is 0.0313. The summed E-state index contributed by atoms with van der Waals surface area (Å²) < 4.78 is 7.07. The van der Waals surface area contributed by atoms with E-state index in [-0.39, 0.29) is 6.10 Å². The molecule has 1 aliphatic heterocycles. The lowest BCUT2D eigenvalue weighted by Crippen LogP contribution is -2.18. The van der Waals surface area contributed by atoms with Gasteiger partial charge in [0.2, 0.25) is 0 Å². The highest BCUT2D eigenvalue weighted by Gasteiger charge is 2.27. The van der Waals surface area contributed by atoms with Gasteiger partial charge in [-0.05, 0) is 30.2 Å². The Morgan fingerprint density at radius 1 is 1.21 bits per heavy atom. The van der Waals surface area contributed by atoms with E-state index in [9.17, 15) is 5.11 Å². The molecule has 2 nitrogen and oxygen atoms in total. The van der Waals surface area contributed by atoms with Gasteiger partial charge in [-0.3, -0.25) is 0 Å². The molecule has 2 aromatic rings. The Labute approximate surface area is 121 Å². The molecule has 0 spiro atoms. The number of aliphatic hydroxyl groups excluding tert-OH is 1. The first-order valence-corrected chi connectivity index (χ1v) is 7.14. The number of hydrogen-bond donors (Lipinski definition) is 1. The Balaban J connectivity index is 1.94. The number of para-hydroxylation sites is 1. The molecule has 0 aliphatic carbocycles. The van der Waals surface area contributed by atoms with Crippen molar-refractivity contribution in [3.05, 3.63) is 63.6 Å². The van der Waals surface area contributed by atoms with Gasteiger partial charge in [-0.15, -0.1) is 0 Å². The Morgan fingerprint density at radius 2 is 2.00 bits per heavy atom. The van der Waals surface area contributed by atoms with Crippen molar-refractivity contribution < 1.29 is 9.84 Å². The van der Waals surface area contributed by atoms with Gasteiger partial charge in [0.25, 0.3) is 0 Å². The molecule has 0 fully saturated rings. The van der Waals surface area contributed by atoms with E-state index in [1.54, 1.807) is 0 Å². The van der Waals surface area contributed by atoms with E-state index in [0.717, 1.165) is 21.3 Å². The van der Waals surface area contributed by atoms with E-state index < -0.39 is 6.10 Å². The van der Waals surface area contributed by atoms with Crippen molar-refractivity contribution in [1.82, 2.24) is 0 Å². The summed E-state index contributed by atoms with van der Waals surface area (Å²) in [4.78, 5) is 0. The zero-order chi connectivity index (χ0) is 13.4. The molecule has 3 rings (SSSR count). The molecular formula is C16H15BrO2. The van der Waals surface area contributed by atoms with Crippen LogP contribution < -0.4 is 4.74 Å². The Morgan fingerprint density at radius 3 is 2.79 bits per heavy atom. The number of fused-ring (bicyclic) bond motifs is 1. The molecule has 1 N–H and O–H groups in total. The van der Waals surface area contributed by atoms with Crippen LogP contribution in [0.1, 0.15) is 35.3 Å². The number of halogens is 1. The van der Waals surface area contributed by atoms with Crippen molar-refractivity contribution in [1.29, 1.82) is 0 Å². The summed E-state index contributed by atoms with van der Waals surface area (Å²) in [7, 11) is 0. The van der Waals surface area contributed by atoms with Gasteiger partial charge in [0.15, 0.2) is 0 Å². The smallest absolute Gasteiger partial charge is 0.127 e. The summed E-state index contributed by atoms with van der Waals surface area (Å²) in [5.41, 5.74) is 3.16. The monoisotopic (exact) mass is 318 g/mol. The minimum absolute atomic E-state index is 0.0956. The van der Waals surface area contributed by atoms with Crippen LogP contribution in [0.4, 0.5) is 0 Å². The Hall–Kier alpha value is -1.32. The number of hydrogen-bond acceptors (Lipinski definition) is 2. The SMILES string of the molecule is Cc1ccc(C2C[C@@H](O)c3ccccc3O2)cc1Br. The maximum atomic E-state index is 10.2. The van der Waals surface area contributed by atoms with Crippen LogP contribution in [0.15, 0.2) is 46.9 Å². The fourth-order valence-corrected chi connectivity index (χ4v) is 2.80. The molecule has 0 saturated heterocycles. The third kappa shape index (κ3) is 2.40. The van der Waals surface area contributed by atoms with Crippen LogP contribution in [0.2, 0.25) is 0 Å². The largest absolute Gasteiger partial charge is 0.485 e. The molecule has 0 bridgehead atoms. The zero-order valence-electron chi connectivity index (χ0n) is 10.6. The fourth-order valence-electron chi connectivity index (χ4n) is 2.41. The van der Waals surface area contributed by atoms with E-state index in [4.69, 9.17) is 4.74 Å². The van der Waals surface area contributed by atoms with Crippen LogP contribution in [-0.4, -0.2) is 5.11 Å². The highest BCUT2D eigenvalue weighted by Crippen LogP contribution is 2.41. The molecule has 98 valence electrons. The summed E-state index contributed by atoms with van der Waals surface area (Å²) in [5.74, 6) is 0.781. The highest BCUT2D eigenvalue weighted by atomic mass is 79.9. The van der Waals surface area contributed by atoms with Crippen molar-refractivity contribution in [3.8, 4) is 5.75 Å². The molecule has 1 aliphatic rings. The minimum atomic E-state index is -0.463. The first-order chi connectivity index (χ1) is 9.15. The molecule has 0 radical (unpaired) electrons. The van der Waals surface area contributed by atoms with E-state index in [0.29, 0.717) is 6.42 Å². The molecule has 0 amide bonds. The predicted octanol–water partition coefficient (Wildman–Crippen LogP) is 4.31. The summed E-state index contributed by atoms with van der Waals surface area (Å²) in [6.45, 7) is 2.06. The number of aryl methyl sites for hydroxylation is 1. The number of rotatable bonds is 1. The Kier molecular flexibility index (Phi) is 3.33.